The van der Waals surface area contributed by atoms with Gasteiger partial charge >= 0.3 is 0 Å². The second-order valence-electron chi connectivity index (χ2n) is 6.06. The molecule has 0 aliphatic heterocycles. The average Bonchev–Trinajstić information content (AvgIpc) is 2.62. The first-order chi connectivity index (χ1) is 12.4. The fourth-order valence-electron chi connectivity index (χ4n) is 2.50. The third-order valence-electron chi connectivity index (χ3n) is 3.86. The number of benzene rings is 2. The molecule has 6 heteroatoms. The molecule has 0 aliphatic rings. The maximum atomic E-state index is 12.4. The van der Waals surface area contributed by atoms with E-state index in [-0.39, 0.29) is 18.6 Å². The molecule has 5 nitrogen and oxygen atoms in total. The highest BCUT2D eigenvalue weighted by atomic mass is 35.5. The van der Waals surface area contributed by atoms with Crippen LogP contribution >= 0.6 is 11.6 Å². The second kappa shape index (κ2) is 9.46. The zero-order valence-electron chi connectivity index (χ0n) is 15.5. The number of rotatable bonds is 8. The number of halogens is 1. The Morgan fingerprint density at radius 3 is 2.62 bits per heavy atom. The van der Waals surface area contributed by atoms with Crippen LogP contribution in [0.15, 0.2) is 36.4 Å². The lowest BCUT2D eigenvalue weighted by Gasteiger charge is -2.15. The van der Waals surface area contributed by atoms with Crippen LogP contribution in [0.1, 0.15) is 28.4 Å². The van der Waals surface area contributed by atoms with E-state index in [4.69, 9.17) is 25.8 Å². The summed E-state index contributed by atoms with van der Waals surface area (Å²) >= 11 is 6.04. The van der Waals surface area contributed by atoms with Gasteiger partial charge in [-0.15, -0.1) is 0 Å². The van der Waals surface area contributed by atoms with Gasteiger partial charge in [-0.2, -0.15) is 0 Å². The van der Waals surface area contributed by atoms with Crippen LogP contribution in [0.5, 0.6) is 11.5 Å². The van der Waals surface area contributed by atoms with Gasteiger partial charge in [0.25, 0.3) is 5.91 Å². The Bertz CT molecular complexity index is 763. The molecule has 0 bridgehead atoms. The van der Waals surface area contributed by atoms with Crippen LogP contribution in [-0.2, 0) is 11.3 Å². The van der Waals surface area contributed by atoms with Gasteiger partial charge in [0.15, 0.2) is 0 Å². The first-order valence-corrected chi connectivity index (χ1v) is 8.68. The summed E-state index contributed by atoms with van der Waals surface area (Å²) in [5, 5.41) is 3.58. The van der Waals surface area contributed by atoms with Crippen molar-refractivity contribution in [2.24, 2.45) is 0 Å². The lowest BCUT2D eigenvalue weighted by Crippen LogP contribution is -2.35. The number of aryl methyl sites for hydroxylation is 1. The topological polar surface area (TPSA) is 56.8 Å². The van der Waals surface area contributed by atoms with Crippen molar-refractivity contribution in [3.05, 3.63) is 58.1 Å². The summed E-state index contributed by atoms with van der Waals surface area (Å²) in [6.45, 7) is 4.53. The highest BCUT2D eigenvalue weighted by Crippen LogP contribution is 2.25. The van der Waals surface area contributed by atoms with Gasteiger partial charge in [-0.1, -0.05) is 11.6 Å². The quantitative estimate of drug-likeness (QED) is 0.755. The number of carbonyl (C=O) groups excluding carboxylic acids is 1. The van der Waals surface area contributed by atoms with Crippen molar-refractivity contribution in [1.82, 2.24) is 5.32 Å². The predicted molar refractivity (Wildman–Crippen MR) is 102 cm³/mol. The molecule has 26 heavy (non-hydrogen) atoms. The standard InChI is InChI=1S/C20H24ClNO4/c1-13-9-17(6-7-18(13)21)26-12-16-10-15(5-8-19(16)25-4)20(23)22-14(2)11-24-3/h5-10,14H,11-12H2,1-4H3,(H,22,23)/t14-/m1/s1. The van der Waals surface area contributed by atoms with Gasteiger partial charge < -0.3 is 19.5 Å². The fraction of sp³-hybridized carbons (Fsp3) is 0.350. The van der Waals surface area contributed by atoms with Gasteiger partial charge in [-0.05, 0) is 55.8 Å². The smallest absolute Gasteiger partial charge is 0.251 e. The molecule has 2 aromatic carbocycles. The molecule has 2 aromatic rings. The fourth-order valence-corrected chi connectivity index (χ4v) is 2.62. The number of ether oxygens (including phenoxy) is 3. The average molecular weight is 378 g/mol. The summed E-state index contributed by atoms with van der Waals surface area (Å²) in [6.07, 6.45) is 0. The number of amides is 1. The zero-order valence-corrected chi connectivity index (χ0v) is 16.2. The minimum atomic E-state index is -0.166. The number of hydrogen-bond acceptors (Lipinski definition) is 4. The molecule has 0 aromatic heterocycles. The summed E-state index contributed by atoms with van der Waals surface area (Å²) in [7, 11) is 3.19. The lowest BCUT2D eigenvalue weighted by atomic mass is 10.1. The van der Waals surface area contributed by atoms with Crippen molar-refractivity contribution < 1.29 is 19.0 Å². The zero-order chi connectivity index (χ0) is 19.1. The molecular formula is C20H24ClNO4. The Morgan fingerprint density at radius 1 is 1.19 bits per heavy atom. The van der Waals surface area contributed by atoms with E-state index in [1.165, 1.54) is 0 Å². The molecule has 0 heterocycles. The van der Waals surface area contributed by atoms with Crippen LogP contribution < -0.4 is 14.8 Å². The van der Waals surface area contributed by atoms with E-state index in [0.29, 0.717) is 28.7 Å². The highest BCUT2D eigenvalue weighted by molar-refractivity contribution is 6.31. The molecular weight excluding hydrogens is 354 g/mol. The van der Waals surface area contributed by atoms with Crippen LogP contribution in [0, 0.1) is 6.92 Å². The van der Waals surface area contributed by atoms with Gasteiger partial charge in [0.2, 0.25) is 0 Å². The van der Waals surface area contributed by atoms with Gasteiger partial charge in [-0.25, -0.2) is 0 Å². The second-order valence-corrected chi connectivity index (χ2v) is 6.46. The molecule has 0 spiro atoms. The third-order valence-corrected chi connectivity index (χ3v) is 4.28. The summed E-state index contributed by atoms with van der Waals surface area (Å²) in [5.41, 5.74) is 2.27. The summed E-state index contributed by atoms with van der Waals surface area (Å²) in [5.74, 6) is 1.20. The van der Waals surface area contributed by atoms with Crippen molar-refractivity contribution >= 4 is 17.5 Å². The molecule has 0 saturated carbocycles. The first-order valence-electron chi connectivity index (χ1n) is 8.30. The molecule has 1 N–H and O–H groups in total. The Kier molecular flexibility index (Phi) is 7.30. The number of hydrogen-bond donors (Lipinski definition) is 1. The van der Waals surface area contributed by atoms with Crippen LogP contribution in [0.2, 0.25) is 5.02 Å². The van der Waals surface area contributed by atoms with Crippen LogP contribution in [0.4, 0.5) is 0 Å². The maximum Gasteiger partial charge on any atom is 0.251 e. The molecule has 0 unspecified atom stereocenters. The molecule has 0 saturated heterocycles. The number of carbonyl (C=O) groups is 1. The molecule has 0 radical (unpaired) electrons. The van der Waals surface area contributed by atoms with Crippen molar-refractivity contribution in [2.75, 3.05) is 20.8 Å². The van der Waals surface area contributed by atoms with Gasteiger partial charge in [0.1, 0.15) is 18.1 Å². The van der Waals surface area contributed by atoms with Crippen molar-refractivity contribution in [2.45, 2.75) is 26.5 Å². The third kappa shape index (κ3) is 5.38. The summed E-state index contributed by atoms with van der Waals surface area (Å²) < 4.78 is 16.3. The van der Waals surface area contributed by atoms with E-state index in [1.807, 2.05) is 26.0 Å². The van der Waals surface area contributed by atoms with Crippen LogP contribution in [0.3, 0.4) is 0 Å². The minimum absolute atomic E-state index is 0.0775. The van der Waals surface area contributed by atoms with Gasteiger partial charge in [0, 0.05) is 29.3 Å². The molecule has 1 amide bonds. The Balaban J connectivity index is 2.13. The van der Waals surface area contributed by atoms with E-state index in [2.05, 4.69) is 5.32 Å². The monoisotopic (exact) mass is 377 g/mol. The molecule has 140 valence electrons. The highest BCUT2D eigenvalue weighted by Gasteiger charge is 2.13. The minimum Gasteiger partial charge on any atom is -0.496 e. The van der Waals surface area contributed by atoms with E-state index < -0.39 is 0 Å². The van der Waals surface area contributed by atoms with Gasteiger partial charge in [0.05, 0.1) is 13.7 Å². The number of methoxy groups -OCH3 is 2. The van der Waals surface area contributed by atoms with E-state index in [1.54, 1.807) is 38.5 Å². The normalized spacial score (nSPS) is 11.7. The predicted octanol–water partition coefficient (Wildman–Crippen LogP) is 4.00. The molecule has 0 aliphatic carbocycles. The Labute approximate surface area is 159 Å². The lowest BCUT2D eigenvalue weighted by molar-refractivity contribution is 0.0905. The van der Waals surface area contributed by atoms with E-state index in [9.17, 15) is 4.79 Å². The van der Waals surface area contributed by atoms with E-state index in [0.717, 1.165) is 11.1 Å². The summed E-state index contributed by atoms with van der Waals surface area (Å²) in [4.78, 5) is 12.4. The van der Waals surface area contributed by atoms with Gasteiger partial charge in [-0.3, -0.25) is 4.79 Å². The molecule has 2 rings (SSSR count). The van der Waals surface area contributed by atoms with E-state index >= 15 is 0 Å². The van der Waals surface area contributed by atoms with Crippen LogP contribution in [-0.4, -0.2) is 32.8 Å². The largest absolute Gasteiger partial charge is 0.496 e. The van der Waals surface area contributed by atoms with Crippen molar-refractivity contribution in [1.29, 1.82) is 0 Å². The van der Waals surface area contributed by atoms with Crippen LogP contribution in [0.25, 0.3) is 0 Å². The SMILES string of the molecule is COC[C@@H](C)NC(=O)c1ccc(OC)c(COc2ccc(Cl)c(C)c2)c1. The number of nitrogens with one attached hydrogen (secondary N) is 1. The maximum absolute atomic E-state index is 12.4. The summed E-state index contributed by atoms with van der Waals surface area (Å²) in [6, 6.07) is 10.7. The van der Waals surface area contributed by atoms with Crippen molar-refractivity contribution in [3.8, 4) is 11.5 Å². The Morgan fingerprint density at radius 2 is 1.96 bits per heavy atom. The first kappa shape index (κ1) is 20.1. The Hall–Kier alpha value is -2.24. The molecule has 0 fully saturated rings. The molecule has 1 atom stereocenters. The van der Waals surface area contributed by atoms with Crippen molar-refractivity contribution in [3.63, 3.8) is 0 Å².